The number of amides is 1. The van der Waals surface area contributed by atoms with E-state index in [1.807, 2.05) is 0 Å². The normalized spacial score (nSPS) is 28.9. The summed E-state index contributed by atoms with van der Waals surface area (Å²) in [5, 5.41) is 3.30. The van der Waals surface area contributed by atoms with Gasteiger partial charge in [0.05, 0.1) is 23.2 Å². The van der Waals surface area contributed by atoms with E-state index in [9.17, 15) is 9.18 Å². The number of allylic oxidation sites excluding steroid dienone is 2. The fraction of sp³-hybridized carbons (Fsp3) is 0.650. The van der Waals surface area contributed by atoms with Crippen LogP contribution in [0.5, 0.6) is 0 Å². The minimum atomic E-state index is -0.924. The zero-order valence-electron chi connectivity index (χ0n) is 15.5. The molecule has 1 amide bonds. The summed E-state index contributed by atoms with van der Waals surface area (Å²) in [4.78, 5) is 21.7. The number of hydrogen-bond donors (Lipinski definition) is 1. The molecule has 1 N–H and O–H groups in total. The number of nitrogens with one attached hydrogen (secondary N) is 1. The quantitative estimate of drug-likeness (QED) is 0.797. The fourth-order valence-electron chi connectivity index (χ4n) is 4.00. The smallest absolute Gasteiger partial charge is 0.241 e. The predicted octanol–water partition coefficient (Wildman–Crippen LogP) is 3.57. The number of ether oxygens (including phenoxy) is 1. The van der Waals surface area contributed by atoms with Gasteiger partial charge in [0, 0.05) is 18.5 Å². The zero-order chi connectivity index (χ0) is 18.6. The standard InChI is InChI=1S/C20H26FN3O2S/c21-16-10-14(22-13-4-2-1-3-5-13)11-17-19(16)20(25)24-18(23-17)12-27-15-6-8-26-9-7-15/h10-11,13,15,19H,1-9,12H2,(H,23,24,25). The van der Waals surface area contributed by atoms with Crippen LogP contribution in [0.1, 0.15) is 44.9 Å². The Hall–Kier alpha value is -1.47. The highest BCUT2D eigenvalue weighted by atomic mass is 32.2. The molecule has 2 fully saturated rings. The summed E-state index contributed by atoms with van der Waals surface area (Å²) < 4.78 is 19.9. The number of nitrogens with zero attached hydrogens (tertiary/aromatic N) is 2. The topological polar surface area (TPSA) is 63.0 Å². The SMILES string of the molecule is O=C1NC(CSC2CCOCC2)=NC2=CC(=NC3CCCCC3)C=C(F)C12. The van der Waals surface area contributed by atoms with Gasteiger partial charge in [-0.3, -0.25) is 9.79 Å². The third-order valence-electron chi connectivity index (χ3n) is 5.48. The van der Waals surface area contributed by atoms with E-state index in [4.69, 9.17) is 9.73 Å². The zero-order valence-corrected chi connectivity index (χ0v) is 16.3. The summed E-state index contributed by atoms with van der Waals surface area (Å²) in [5.41, 5.74) is 1.09. The van der Waals surface area contributed by atoms with Gasteiger partial charge in [-0.1, -0.05) is 19.3 Å². The maximum atomic E-state index is 14.6. The van der Waals surface area contributed by atoms with E-state index < -0.39 is 11.7 Å². The Kier molecular flexibility index (Phi) is 6.08. The lowest BCUT2D eigenvalue weighted by Crippen LogP contribution is -2.43. The average Bonchev–Trinajstić information content (AvgIpc) is 2.67. The van der Waals surface area contributed by atoms with Gasteiger partial charge in [-0.25, -0.2) is 9.38 Å². The van der Waals surface area contributed by atoms with Crippen LogP contribution in [-0.2, 0) is 9.53 Å². The number of rotatable bonds is 4. The number of halogens is 1. The molecular formula is C20H26FN3O2S. The largest absolute Gasteiger partial charge is 0.381 e. The summed E-state index contributed by atoms with van der Waals surface area (Å²) in [5.74, 6) is -0.470. The molecule has 2 aliphatic heterocycles. The first-order chi connectivity index (χ1) is 13.2. The van der Waals surface area contributed by atoms with Crippen molar-refractivity contribution in [3.63, 3.8) is 0 Å². The molecule has 1 atom stereocenters. The molecule has 7 heteroatoms. The molecule has 2 heterocycles. The van der Waals surface area contributed by atoms with E-state index in [1.165, 1.54) is 25.3 Å². The summed E-state index contributed by atoms with van der Waals surface area (Å²) in [7, 11) is 0. The summed E-state index contributed by atoms with van der Waals surface area (Å²) in [6.45, 7) is 1.58. The van der Waals surface area contributed by atoms with Crippen molar-refractivity contribution < 1.29 is 13.9 Å². The minimum absolute atomic E-state index is 0.260. The number of amidine groups is 1. The lowest BCUT2D eigenvalue weighted by atomic mass is 9.93. The average molecular weight is 392 g/mol. The van der Waals surface area contributed by atoms with Gasteiger partial charge < -0.3 is 10.1 Å². The molecule has 2 aliphatic carbocycles. The highest BCUT2D eigenvalue weighted by Crippen LogP contribution is 2.31. The molecule has 0 radical (unpaired) electrons. The Morgan fingerprint density at radius 1 is 1.19 bits per heavy atom. The van der Waals surface area contributed by atoms with Gasteiger partial charge in [-0.05, 0) is 37.8 Å². The molecule has 1 saturated heterocycles. The van der Waals surface area contributed by atoms with Gasteiger partial charge in [-0.2, -0.15) is 11.8 Å². The Balaban J connectivity index is 1.48. The van der Waals surface area contributed by atoms with E-state index in [0.29, 0.717) is 28.2 Å². The van der Waals surface area contributed by atoms with E-state index in [2.05, 4.69) is 10.3 Å². The fourth-order valence-corrected chi connectivity index (χ4v) is 5.06. The van der Waals surface area contributed by atoms with Crippen molar-refractivity contribution in [2.45, 2.75) is 56.2 Å². The van der Waals surface area contributed by atoms with Crippen LogP contribution in [0.3, 0.4) is 0 Å². The predicted molar refractivity (Wildman–Crippen MR) is 107 cm³/mol. The summed E-state index contributed by atoms with van der Waals surface area (Å²) in [6.07, 6.45) is 11.0. The number of thioether (sulfide) groups is 1. The van der Waals surface area contributed by atoms with E-state index >= 15 is 0 Å². The van der Waals surface area contributed by atoms with Gasteiger partial charge in [-0.15, -0.1) is 0 Å². The first kappa shape index (κ1) is 18.9. The molecule has 0 aromatic carbocycles. The number of fused-ring (bicyclic) bond motifs is 1. The summed E-state index contributed by atoms with van der Waals surface area (Å²) in [6, 6.07) is 0.260. The second-order valence-corrected chi connectivity index (χ2v) is 8.84. The Morgan fingerprint density at radius 2 is 1.96 bits per heavy atom. The van der Waals surface area contributed by atoms with Gasteiger partial charge in [0.2, 0.25) is 5.91 Å². The molecule has 4 aliphatic rings. The number of carbonyl (C=O) groups excluding carboxylic acids is 1. The minimum Gasteiger partial charge on any atom is -0.381 e. The highest BCUT2D eigenvalue weighted by molar-refractivity contribution is 8.00. The molecule has 1 unspecified atom stereocenters. The first-order valence-corrected chi connectivity index (χ1v) is 11.0. The van der Waals surface area contributed by atoms with Crippen molar-refractivity contribution in [2.75, 3.05) is 19.0 Å². The van der Waals surface area contributed by atoms with Crippen molar-refractivity contribution in [1.82, 2.24) is 5.32 Å². The van der Waals surface area contributed by atoms with Crippen LogP contribution in [0.25, 0.3) is 0 Å². The molecule has 0 bridgehead atoms. The first-order valence-electron chi connectivity index (χ1n) is 9.93. The van der Waals surface area contributed by atoms with Gasteiger partial charge >= 0.3 is 0 Å². The van der Waals surface area contributed by atoms with E-state index in [-0.39, 0.29) is 11.9 Å². The van der Waals surface area contributed by atoms with Crippen LogP contribution in [-0.4, -0.2) is 47.7 Å². The Morgan fingerprint density at radius 3 is 2.74 bits per heavy atom. The van der Waals surface area contributed by atoms with Crippen LogP contribution in [0.15, 0.2) is 33.7 Å². The van der Waals surface area contributed by atoms with Crippen molar-refractivity contribution in [3.8, 4) is 0 Å². The van der Waals surface area contributed by atoms with Gasteiger partial charge in [0.1, 0.15) is 17.6 Å². The molecular weight excluding hydrogens is 365 g/mol. The lowest BCUT2D eigenvalue weighted by Gasteiger charge is -2.27. The van der Waals surface area contributed by atoms with Crippen LogP contribution < -0.4 is 5.32 Å². The highest BCUT2D eigenvalue weighted by Gasteiger charge is 2.35. The number of aliphatic imine (C=N–C) groups is 2. The van der Waals surface area contributed by atoms with Crippen molar-refractivity contribution in [2.24, 2.45) is 15.9 Å². The third kappa shape index (κ3) is 4.69. The molecule has 0 aromatic heterocycles. The molecule has 4 rings (SSSR count). The second-order valence-electron chi connectivity index (χ2n) is 7.55. The summed E-state index contributed by atoms with van der Waals surface area (Å²) >= 11 is 1.78. The lowest BCUT2D eigenvalue weighted by molar-refractivity contribution is -0.122. The van der Waals surface area contributed by atoms with Crippen LogP contribution >= 0.6 is 11.8 Å². The molecule has 146 valence electrons. The van der Waals surface area contributed by atoms with Crippen molar-refractivity contribution in [1.29, 1.82) is 0 Å². The van der Waals surface area contributed by atoms with Gasteiger partial charge in [0.15, 0.2) is 0 Å². The van der Waals surface area contributed by atoms with Crippen LogP contribution in [0.4, 0.5) is 4.39 Å². The maximum absolute atomic E-state index is 14.6. The molecule has 1 saturated carbocycles. The number of carbonyl (C=O) groups is 1. The van der Waals surface area contributed by atoms with Crippen molar-refractivity contribution >= 4 is 29.2 Å². The van der Waals surface area contributed by atoms with Gasteiger partial charge in [0.25, 0.3) is 0 Å². The van der Waals surface area contributed by atoms with Crippen molar-refractivity contribution in [3.05, 3.63) is 23.7 Å². The Labute approximate surface area is 163 Å². The monoisotopic (exact) mass is 391 g/mol. The van der Waals surface area contributed by atoms with Crippen LogP contribution in [0, 0.1) is 5.92 Å². The molecule has 0 spiro atoms. The molecule has 27 heavy (non-hydrogen) atoms. The second kappa shape index (κ2) is 8.69. The Bertz CT molecular complexity index is 704. The number of hydrogen-bond acceptors (Lipinski definition) is 5. The van der Waals surface area contributed by atoms with E-state index in [0.717, 1.165) is 38.9 Å². The molecule has 5 nitrogen and oxygen atoms in total. The maximum Gasteiger partial charge on any atom is 0.241 e. The molecule has 0 aromatic rings. The van der Waals surface area contributed by atoms with Crippen LogP contribution in [0.2, 0.25) is 0 Å². The van der Waals surface area contributed by atoms with E-state index in [1.54, 1.807) is 17.8 Å². The third-order valence-corrected chi connectivity index (χ3v) is 6.86.